The van der Waals surface area contributed by atoms with E-state index in [1.54, 1.807) is 6.92 Å². The minimum atomic E-state index is -0.339. The highest BCUT2D eigenvalue weighted by Crippen LogP contribution is 2.31. The minimum Gasteiger partial charge on any atom is -0.493 e. The second-order valence-electron chi connectivity index (χ2n) is 4.08. The Labute approximate surface area is 106 Å². The van der Waals surface area contributed by atoms with Crippen LogP contribution in [-0.4, -0.2) is 17.8 Å². The zero-order chi connectivity index (χ0) is 12.3. The Bertz CT molecular complexity index is 509. The Morgan fingerprint density at radius 2 is 1.88 bits per heavy atom. The molecule has 1 unspecified atom stereocenters. The summed E-state index contributed by atoms with van der Waals surface area (Å²) in [5, 5.41) is 11.9. The van der Waals surface area contributed by atoms with E-state index in [-0.39, 0.29) is 6.10 Å². The van der Waals surface area contributed by atoms with Crippen molar-refractivity contribution in [3.05, 3.63) is 41.4 Å². The molecule has 0 radical (unpaired) electrons. The average Bonchev–Trinajstić information content (AvgIpc) is 2.32. The average molecular weight is 251 g/mol. The molecule has 0 bridgehead atoms. The molecule has 0 aliphatic heterocycles. The molecular formula is C14H15ClO2. The summed E-state index contributed by atoms with van der Waals surface area (Å²) < 4.78 is 5.67. The van der Waals surface area contributed by atoms with Crippen LogP contribution in [0.4, 0.5) is 0 Å². The lowest BCUT2D eigenvalue weighted by Gasteiger charge is -2.11. The highest BCUT2D eigenvalue weighted by Gasteiger charge is 2.05. The monoisotopic (exact) mass is 250 g/mol. The van der Waals surface area contributed by atoms with Gasteiger partial charge in [-0.25, -0.2) is 0 Å². The lowest BCUT2D eigenvalue weighted by molar-refractivity contribution is 0.156. The first-order valence-corrected chi connectivity index (χ1v) is 6.04. The Balaban J connectivity index is 2.26. The molecular weight excluding hydrogens is 236 g/mol. The van der Waals surface area contributed by atoms with Gasteiger partial charge in [0, 0.05) is 22.2 Å². The van der Waals surface area contributed by atoms with Gasteiger partial charge in [0.05, 0.1) is 12.7 Å². The molecule has 1 atom stereocenters. The second kappa shape index (κ2) is 5.39. The van der Waals surface area contributed by atoms with Gasteiger partial charge in [-0.3, -0.25) is 0 Å². The van der Waals surface area contributed by atoms with Crippen molar-refractivity contribution in [1.29, 1.82) is 0 Å². The first-order chi connectivity index (χ1) is 8.18. The third-order valence-corrected chi connectivity index (χ3v) is 2.95. The van der Waals surface area contributed by atoms with Gasteiger partial charge in [-0.1, -0.05) is 35.9 Å². The van der Waals surface area contributed by atoms with Gasteiger partial charge in [-0.05, 0) is 19.1 Å². The fraction of sp³-hybridized carbons (Fsp3) is 0.286. The van der Waals surface area contributed by atoms with E-state index in [1.807, 2.05) is 36.4 Å². The summed E-state index contributed by atoms with van der Waals surface area (Å²) >= 11 is 6.12. The third kappa shape index (κ3) is 2.90. The van der Waals surface area contributed by atoms with Crippen LogP contribution in [0.5, 0.6) is 5.75 Å². The van der Waals surface area contributed by atoms with Crippen molar-refractivity contribution in [2.45, 2.75) is 19.4 Å². The van der Waals surface area contributed by atoms with Crippen LogP contribution >= 0.6 is 11.6 Å². The van der Waals surface area contributed by atoms with E-state index in [1.165, 1.54) is 0 Å². The summed E-state index contributed by atoms with van der Waals surface area (Å²) in [5.74, 6) is 0.811. The number of rotatable bonds is 4. The number of ether oxygens (including phenoxy) is 1. The summed E-state index contributed by atoms with van der Waals surface area (Å²) in [7, 11) is 0. The van der Waals surface area contributed by atoms with Crippen molar-refractivity contribution in [3.63, 3.8) is 0 Å². The summed E-state index contributed by atoms with van der Waals surface area (Å²) in [6, 6.07) is 11.6. The van der Waals surface area contributed by atoms with Crippen LogP contribution in [0.3, 0.4) is 0 Å². The maximum atomic E-state index is 9.19. The van der Waals surface area contributed by atoms with Crippen LogP contribution in [0, 0.1) is 0 Å². The molecule has 0 saturated carbocycles. The molecule has 2 nitrogen and oxygen atoms in total. The van der Waals surface area contributed by atoms with Crippen molar-refractivity contribution in [1.82, 2.24) is 0 Å². The quantitative estimate of drug-likeness (QED) is 0.898. The Kier molecular flexibility index (Phi) is 3.87. The molecule has 0 aliphatic carbocycles. The van der Waals surface area contributed by atoms with Gasteiger partial charge in [0.1, 0.15) is 5.75 Å². The number of hydrogen-bond acceptors (Lipinski definition) is 2. The predicted octanol–water partition coefficient (Wildman–Crippen LogP) is 3.64. The van der Waals surface area contributed by atoms with Gasteiger partial charge >= 0.3 is 0 Å². The number of aliphatic hydroxyl groups is 1. The van der Waals surface area contributed by atoms with Crippen molar-refractivity contribution >= 4 is 22.4 Å². The summed E-state index contributed by atoms with van der Waals surface area (Å²) in [4.78, 5) is 0. The lowest BCUT2D eigenvalue weighted by atomic mass is 10.1. The molecule has 0 heterocycles. The first kappa shape index (κ1) is 12.2. The fourth-order valence-corrected chi connectivity index (χ4v) is 1.93. The molecule has 3 heteroatoms. The van der Waals surface area contributed by atoms with Gasteiger partial charge in [-0.2, -0.15) is 0 Å². The molecule has 2 aromatic carbocycles. The zero-order valence-corrected chi connectivity index (χ0v) is 10.4. The molecule has 0 amide bonds. The molecule has 0 fully saturated rings. The molecule has 90 valence electrons. The maximum Gasteiger partial charge on any atom is 0.127 e. The Morgan fingerprint density at radius 3 is 2.59 bits per heavy atom. The van der Waals surface area contributed by atoms with Crippen molar-refractivity contribution in [3.8, 4) is 5.75 Å². The Morgan fingerprint density at radius 1 is 1.18 bits per heavy atom. The standard InChI is InChI=1S/C14H15ClO2/c1-10(16)8-9-17-14-7-6-13(15)11-4-2-3-5-12(11)14/h2-7,10,16H,8-9H2,1H3. The number of benzene rings is 2. The van der Waals surface area contributed by atoms with Gasteiger partial charge in [-0.15, -0.1) is 0 Å². The lowest BCUT2D eigenvalue weighted by Crippen LogP contribution is -2.07. The highest BCUT2D eigenvalue weighted by molar-refractivity contribution is 6.35. The van der Waals surface area contributed by atoms with E-state index in [0.29, 0.717) is 13.0 Å². The summed E-state index contributed by atoms with van der Waals surface area (Å²) in [6.07, 6.45) is 0.283. The SMILES string of the molecule is CC(O)CCOc1ccc(Cl)c2ccccc12. The van der Waals surface area contributed by atoms with Crippen molar-refractivity contribution in [2.24, 2.45) is 0 Å². The highest BCUT2D eigenvalue weighted by atomic mass is 35.5. The van der Waals surface area contributed by atoms with Crippen LogP contribution in [0.25, 0.3) is 10.8 Å². The van der Waals surface area contributed by atoms with Crippen LogP contribution < -0.4 is 4.74 Å². The number of hydrogen-bond donors (Lipinski definition) is 1. The molecule has 17 heavy (non-hydrogen) atoms. The molecule has 0 aliphatic rings. The predicted molar refractivity (Wildman–Crippen MR) is 70.8 cm³/mol. The van der Waals surface area contributed by atoms with Crippen molar-refractivity contribution in [2.75, 3.05) is 6.61 Å². The molecule has 1 N–H and O–H groups in total. The van der Waals surface area contributed by atoms with E-state index in [2.05, 4.69) is 0 Å². The largest absolute Gasteiger partial charge is 0.493 e. The van der Waals surface area contributed by atoms with Crippen LogP contribution in [0.15, 0.2) is 36.4 Å². The van der Waals surface area contributed by atoms with Crippen LogP contribution in [0.1, 0.15) is 13.3 Å². The molecule has 2 rings (SSSR count). The van der Waals surface area contributed by atoms with Gasteiger partial charge in [0.15, 0.2) is 0 Å². The molecule has 0 saturated heterocycles. The van der Waals surface area contributed by atoms with Gasteiger partial charge in [0.25, 0.3) is 0 Å². The van der Waals surface area contributed by atoms with E-state index in [4.69, 9.17) is 16.3 Å². The summed E-state index contributed by atoms with van der Waals surface area (Å²) in [6.45, 7) is 2.26. The number of halogens is 1. The maximum absolute atomic E-state index is 9.19. The fourth-order valence-electron chi connectivity index (χ4n) is 1.70. The second-order valence-corrected chi connectivity index (χ2v) is 4.48. The van der Waals surface area contributed by atoms with Crippen LogP contribution in [0.2, 0.25) is 5.02 Å². The molecule has 0 aromatic heterocycles. The number of aliphatic hydroxyl groups excluding tert-OH is 1. The zero-order valence-electron chi connectivity index (χ0n) is 9.69. The van der Waals surface area contributed by atoms with Gasteiger partial charge in [0.2, 0.25) is 0 Å². The van der Waals surface area contributed by atoms with E-state index >= 15 is 0 Å². The topological polar surface area (TPSA) is 29.5 Å². The Hall–Kier alpha value is -1.25. The normalized spacial score (nSPS) is 12.6. The first-order valence-electron chi connectivity index (χ1n) is 5.66. The smallest absolute Gasteiger partial charge is 0.127 e. The summed E-state index contributed by atoms with van der Waals surface area (Å²) in [5.41, 5.74) is 0. The van der Waals surface area contributed by atoms with Gasteiger partial charge < -0.3 is 9.84 Å². The number of fused-ring (bicyclic) bond motifs is 1. The van der Waals surface area contributed by atoms with Crippen LogP contribution in [-0.2, 0) is 0 Å². The minimum absolute atomic E-state index is 0.339. The third-order valence-electron chi connectivity index (χ3n) is 2.62. The van der Waals surface area contributed by atoms with E-state index in [9.17, 15) is 5.11 Å². The molecule has 2 aromatic rings. The van der Waals surface area contributed by atoms with E-state index < -0.39 is 0 Å². The molecule has 0 spiro atoms. The van der Waals surface area contributed by atoms with E-state index in [0.717, 1.165) is 21.5 Å². The van der Waals surface area contributed by atoms with Crippen molar-refractivity contribution < 1.29 is 9.84 Å².